The molecule has 0 aromatic rings. The Balaban J connectivity index is 1.85. The normalized spacial score (nSPS) is 24.3. The number of ketones is 1. The van der Waals surface area contributed by atoms with E-state index >= 15 is 0 Å². The van der Waals surface area contributed by atoms with Crippen molar-refractivity contribution in [2.24, 2.45) is 5.92 Å². The van der Waals surface area contributed by atoms with Crippen molar-refractivity contribution in [2.75, 3.05) is 37.8 Å². The van der Waals surface area contributed by atoms with Crippen LogP contribution in [0, 0.1) is 5.92 Å². The smallest absolute Gasteiger partial charge is 0.377 e. The lowest BCUT2D eigenvalue weighted by Gasteiger charge is -2.25. The van der Waals surface area contributed by atoms with Gasteiger partial charge in [0.1, 0.15) is 5.78 Å². The van der Waals surface area contributed by atoms with Crippen LogP contribution in [-0.4, -0.2) is 107 Å². The third-order valence-electron chi connectivity index (χ3n) is 7.05. The molecule has 2 aliphatic rings. The first-order valence-electron chi connectivity index (χ1n) is 14.9. The molecule has 2 saturated heterocycles. The molecule has 2 rings (SSSR count). The predicted molar refractivity (Wildman–Crippen MR) is 166 cm³/mol. The van der Waals surface area contributed by atoms with E-state index in [1.165, 1.54) is 6.92 Å². The van der Waals surface area contributed by atoms with Gasteiger partial charge in [0.15, 0.2) is 0 Å². The van der Waals surface area contributed by atoms with E-state index in [4.69, 9.17) is 18.5 Å². The summed E-state index contributed by atoms with van der Waals surface area (Å²) in [5, 5.41) is 0. The summed E-state index contributed by atoms with van der Waals surface area (Å²) in [6.45, 7) is 13.7. The monoisotopic (exact) mass is 654 g/mol. The summed E-state index contributed by atoms with van der Waals surface area (Å²) in [6, 6.07) is -0.665. The van der Waals surface area contributed by atoms with Crippen molar-refractivity contribution < 1.29 is 42.4 Å². The van der Waals surface area contributed by atoms with E-state index in [-0.39, 0.29) is 61.0 Å². The molecule has 0 radical (unpaired) electrons. The molecule has 0 aliphatic carbocycles. The molecule has 0 spiro atoms. The molecule has 2 fully saturated rings. The van der Waals surface area contributed by atoms with Crippen LogP contribution in [0.4, 0.5) is 0 Å². The van der Waals surface area contributed by atoms with E-state index in [1.807, 2.05) is 41.5 Å². The SMILES string of the molecule is CC(=O)N1C[C@H](OC(C)C)C[C@H]1COP(=O)(O)O[C@@H]1C[C@@H](COC(C)C)N(C(=O)CCCSSCCC(=O)C(C)C)C1. The lowest BCUT2D eigenvalue weighted by atomic mass is 10.1. The van der Waals surface area contributed by atoms with E-state index < -0.39 is 20.0 Å². The van der Waals surface area contributed by atoms with Gasteiger partial charge in [0, 0.05) is 50.3 Å². The van der Waals surface area contributed by atoms with Gasteiger partial charge in [-0.25, -0.2) is 4.57 Å². The number of rotatable bonds is 19. The van der Waals surface area contributed by atoms with Gasteiger partial charge in [0.05, 0.1) is 49.7 Å². The number of carbonyl (C=O) groups excluding carboxylic acids is 3. The first kappa shape index (κ1) is 37.5. The fourth-order valence-corrected chi connectivity index (χ4v) is 8.04. The van der Waals surface area contributed by atoms with Gasteiger partial charge in [0.25, 0.3) is 0 Å². The van der Waals surface area contributed by atoms with Crippen LogP contribution in [0.15, 0.2) is 0 Å². The molecule has 1 N–H and O–H groups in total. The van der Waals surface area contributed by atoms with Gasteiger partial charge in [-0.1, -0.05) is 35.4 Å². The second kappa shape index (κ2) is 18.3. The van der Waals surface area contributed by atoms with Crippen molar-refractivity contribution >= 4 is 47.0 Å². The third kappa shape index (κ3) is 13.5. The molecule has 5 atom stereocenters. The highest BCUT2D eigenvalue weighted by Crippen LogP contribution is 2.47. The van der Waals surface area contributed by atoms with Gasteiger partial charge >= 0.3 is 7.82 Å². The Bertz CT molecular complexity index is 924. The number of phosphoric ester groups is 1. The van der Waals surface area contributed by atoms with Crippen LogP contribution in [0.2, 0.25) is 0 Å². The summed E-state index contributed by atoms with van der Waals surface area (Å²) >= 11 is 0. The van der Waals surface area contributed by atoms with Crippen LogP contribution in [0.25, 0.3) is 0 Å². The summed E-state index contributed by atoms with van der Waals surface area (Å²) in [5.41, 5.74) is 0. The maximum absolute atomic E-state index is 13.1. The van der Waals surface area contributed by atoms with Gasteiger partial charge in [-0.3, -0.25) is 23.4 Å². The molecular formula is C28H51N2O9PS2. The van der Waals surface area contributed by atoms with Crippen LogP contribution in [-0.2, 0) is 37.5 Å². The molecule has 2 aliphatic heterocycles. The highest BCUT2D eigenvalue weighted by atomic mass is 33.1. The zero-order valence-corrected chi connectivity index (χ0v) is 28.7. The Morgan fingerprint density at radius 2 is 1.50 bits per heavy atom. The van der Waals surface area contributed by atoms with E-state index in [0.717, 1.165) is 11.5 Å². The molecule has 0 aromatic carbocycles. The van der Waals surface area contributed by atoms with Gasteiger partial charge < -0.3 is 24.2 Å². The number of hydrogen-bond acceptors (Lipinski definition) is 10. The van der Waals surface area contributed by atoms with E-state index in [1.54, 1.807) is 31.4 Å². The minimum Gasteiger partial charge on any atom is -0.377 e. The molecule has 1 unspecified atom stereocenters. The Morgan fingerprint density at radius 1 is 0.881 bits per heavy atom. The zero-order valence-electron chi connectivity index (χ0n) is 26.2. The summed E-state index contributed by atoms with van der Waals surface area (Å²) in [4.78, 5) is 50.8. The Morgan fingerprint density at radius 3 is 2.12 bits per heavy atom. The van der Waals surface area contributed by atoms with Crippen molar-refractivity contribution in [1.29, 1.82) is 0 Å². The van der Waals surface area contributed by atoms with E-state index in [2.05, 4.69) is 0 Å². The van der Waals surface area contributed by atoms with Crippen molar-refractivity contribution in [2.45, 2.75) is 117 Å². The predicted octanol–water partition coefficient (Wildman–Crippen LogP) is 4.71. The molecule has 14 heteroatoms. The molecular weight excluding hydrogens is 603 g/mol. The molecule has 11 nitrogen and oxygen atoms in total. The van der Waals surface area contributed by atoms with Crippen LogP contribution in [0.3, 0.4) is 0 Å². The molecule has 244 valence electrons. The maximum Gasteiger partial charge on any atom is 0.472 e. The molecule has 0 saturated carbocycles. The molecule has 0 aromatic heterocycles. The number of phosphoric acid groups is 1. The summed E-state index contributed by atoms with van der Waals surface area (Å²) in [6.07, 6.45) is 1.58. The number of likely N-dealkylation sites (tertiary alicyclic amines) is 2. The van der Waals surface area contributed by atoms with Crippen LogP contribution < -0.4 is 0 Å². The topological polar surface area (TPSA) is 132 Å². The average Bonchev–Trinajstić information content (AvgIpc) is 3.48. The summed E-state index contributed by atoms with van der Waals surface area (Å²) in [7, 11) is -1.15. The second-order valence-electron chi connectivity index (χ2n) is 11.8. The van der Waals surface area contributed by atoms with Crippen molar-refractivity contribution in [1.82, 2.24) is 9.80 Å². The highest BCUT2D eigenvalue weighted by Gasteiger charge is 2.41. The first-order chi connectivity index (χ1) is 19.7. The second-order valence-corrected chi connectivity index (χ2v) is 15.9. The van der Waals surface area contributed by atoms with E-state index in [9.17, 15) is 23.8 Å². The number of nitrogens with zero attached hydrogens (tertiary/aromatic N) is 2. The van der Waals surface area contributed by atoms with Gasteiger partial charge in [0.2, 0.25) is 11.8 Å². The highest BCUT2D eigenvalue weighted by molar-refractivity contribution is 8.76. The minimum atomic E-state index is -4.46. The van der Waals surface area contributed by atoms with Crippen LogP contribution >= 0.6 is 29.4 Å². The molecule has 2 heterocycles. The zero-order chi connectivity index (χ0) is 31.4. The minimum absolute atomic E-state index is 0.000505. The Labute approximate surface area is 259 Å². The first-order valence-corrected chi connectivity index (χ1v) is 18.9. The van der Waals surface area contributed by atoms with Gasteiger partial charge in [-0.2, -0.15) is 0 Å². The number of Topliss-reactive ketones (excluding diaryl/α,β-unsaturated/α-hetero) is 1. The average molecular weight is 655 g/mol. The molecule has 0 bridgehead atoms. The maximum atomic E-state index is 13.1. The van der Waals surface area contributed by atoms with Crippen molar-refractivity contribution in [3.8, 4) is 0 Å². The van der Waals surface area contributed by atoms with Crippen molar-refractivity contribution in [3.63, 3.8) is 0 Å². The van der Waals surface area contributed by atoms with Gasteiger partial charge in [-0.05, 0) is 47.0 Å². The van der Waals surface area contributed by atoms with Crippen LogP contribution in [0.5, 0.6) is 0 Å². The third-order valence-corrected chi connectivity index (χ3v) is 10.6. The van der Waals surface area contributed by atoms with E-state index in [0.29, 0.717) is 45.3 Å². The fraction of sp³-hybridized carbons (Fsp3) is 0.893. The molecule has 2 amide bonds. The largest absolute Gasteiger partial charge is 0.472 e. The Hall–Kier alpha value is -0.660. The molecule has 42 heavy (non-hydrogen) atoms. The fourth-order valence-electron chi connectivity index (χ4n) is 4.99. The number of amides is 2. The van der Waals surface area contributed by atoms with Crippen LogP contribution in [0.1, 0.15) is 80.6 Å². The number of carbonyl (C=O) groups is 3. The van der Waals surface area contributed by atoms with Crippen molar-refractivity contribution in [3.05, 3.63) is 0 Å². The Kier molecular flexibility index (Phi) is 16.4. The summed E-state index contributed by atoms with van der Waals surface area (Å²) in [5.74, 6) is 1.67. The van der Waals surface area contributed by atoms with Gasteiger partial charge in [-0.15, -0.1) is 0 Å². The number of hydrogen-bond donors (Lipinski definition) is 1. The standard InChI is InChI=1S/C28H51N2O9PS2/c1-19(2)27(32)10-12-42-41-11-8-9-28(33)30-16-26(14-23(30)17-36-20(3)4)39-40(34,35)37-18-24-13-25(38-21(5)6)15-29(24)22(7)31/h19-21,23-26H,8-18H2,1-7H3,(H,34,35)/t23-,24-,25+,26+/m0/s1. The summed E-state index contributed by atoms with van der Waals surface area (Å²) < 4.78 is 35.4. The lowest BCUT2D eigenvalue weighted by molar-refractivity contribution is -0.133. The lowest BCUT2D eigenvalue weighted by Crippen LogP contribution is -2.39. The number of ether oxygens (including phenoxy) is 2. The quantitative estimate of drug-likeness (QED) is 0.118.